The van der Waals surface area contributed by atoms with E-state index in [0.29, 0.717) is 27.9 Å². The number of halogens is 1. The number of carbonyl (C=O) groups is 2. The Hall–Kier alpha value is -3.65. The van der Waals surface area contributed by atoms with Crippen molar-refractivity contribution in [1.82, 2.24) is 19.7 Å². The standard InChI is InChI=1S/C21H16ClN5O3/c1-11-18(14-10-17(28)26(19(14)29)13-6-4-5-12(22)9-13)20(30)27(25-11)21-23-15-7-2-3-8-16(15)24-21/h2-9,14,25H,10H2,1H3,(H,23,24)/t14-/m0/s1. The van der Waals surface area contributed by atoms with Crippen LogP contribution in [0.15, 0.2) is 53.3 Å². The van der Waals surface area contributed by atoms with Crippen LogP contribution >= 0.6 is 11.6 Å². The number of aromatic nitrogens is 4. The molecule has 2 N–H and O–H groups in total. The van der Waals surface area contributed by atoms with Gasteiger partial charge in [0, 0.05) is 17.1 Å². The molecule has 0 saturated carbocycles. The van der Waals surface area contributed by atoms with E-state index >= 15 is 0 Å². The number of nitrogens with zero attached hydrogens (tertiary/aromatic N) is 3. The number of nitrogens with one attached hydrogen (secondary N) is 2. The molecule has 0 radical (unpaired) electrons. The van der Waals surface area contributed by atoms with Gasteiger partial charge in [-0.1, -0.05) is 29.8 Å². The molecule has 5 rings (SSSR count). The van der Waals surface area contributed by atoms with Crippen LogP contribution in [0.3, 0.4) is 0 Å². The van der Waals surface area contributed by atoms with Crippen molar-refractivity contribution in [3.05, 3.63) is 75.2 Å². The van der Waals surface area contributed by atoms with Crippen LogP contribution in [0, 0.1) is 6.92 Å². The summed E-state index contributed by atoms with van der Waals surface area (Å²) in [6.45, 7) is 1.70. The van der Waals surface area contributed by atoms with E-state index in [-0.39, 0.29) is 17.9 Å². The lowest BCUT2D eigenvalue weighted by Crippen LogP contribution is -2.31. The summed E-state index contributed by atoms with van der Waals surface area (Å²) in [6, 6.07) is 13.9. The number of benzene rings is 2. The monoisotopic (exact) mass is 421 g/mol. The van der Waals surface area contributed by atoms with Gasteiger partial charge in [0.1, 0.15) is 0 Å². The summed E-state index contributed by atoms with van der Waals surface area (Å²) in [4.78, 5) is 47.5. The van der Waals surface area contributed by atoms with E-state index in [9.17, 15) is 14.4 Å². The average Bonchev–Trinajstić information content (AvgIpc) is 3.35. The van der Waals surface area contributed by atoms with Gasteiger partial charge in [0.2, 0.25) is 17.8 Å². The second kappa shape index (κ2) is 6.70. The van der Waals surface area contributed by atoms with Crippen LogP contribution in [-0.4, -0.2) is 31.6 Å². The van der Waals surface area contributed by atoms with Crippen LogP contribution in [-0.2, 0) is 9.59 Å². The fraction of sp³-hybridized carbons (Fsp3) is 0.143. The molecular formula is C21H16ClN5O3. The van der Waals surface area contributed by atoms with Gasteiger partial charge in [-0.15, -0.1) is 0 Å². The van der Waals surface area contributed by atoms with Crippen molar-refractivity contribution in [3.8, 4) is 5.95 Å². The minimum absolute atomic E-state index is 0.0839. The molecule has 8 nitrogen and oxygen atoms in total. The summed E-state index contributed by atoms with van der Waals surface area (Å²) in [5.74, 6) is -1.37. The third-order valence-electron chi connectivity index (χ3n) is 5.27. The van der Waals surface area contributed by atoms with Crippen molar-refractivity contribution in [1.29, 1.82) is 0 Å². The zero-order valence-electron chi connectivity index (χ0n) is 15.8. The van der Waals surface area contributed by atoms with Crippen LogP contribution in [0.25, 0.3) is 17.0 Å². The van der Waals surface area contributed by atoms with E-state index in [1.165, 1.54) is 4.68 Å². The Morgan fingerprint density at radius 1 is 1.10 bits per heavy atom. The Labute approximate surface area is 175 Å². The predicted octanol–water partition coefficient (Wildman–Crippen LogP) is 3.05. The molecule has 2 aromatic carbocycles. The van der Waals surface area contributed by atoms with Crippen LogP contribution in [0.5, 0.6) is 0 Å². The second-order valence-electron chi connectivity index (χ2n) is 7.17. The van der Waals surface area contributed by atoms with Crippen molar-refractivity contribution in [2.24, 2.45) is 0 Å². The van der Waals surface area contributed by atoms with Crippen molar-refractivity contribution in [2.75, 3.05) is 4.90 Å². The molecule has 0 aliphatic carbocycles. The maximum absolute atomic E-state index is 13.2. The molecule has 9 heteroatoms. The first-order chi connectivity index (χ1) is 14.4. The quantitative estimate of drug-likeness (QED) is 0.496. The molecule has 0 unspecified atom stereocenters. The number of rotatable bonds is 3. The van der Waals surface area contributed by atoms with Crippen LogP contribution in [0.1, 0.15) is 23.6 Å². The zero-order chi connectivity index (χ0) is 21.0. The van der Waals surface area contributed by atoms with Gasteiger partial charge in [-0.2, -0.15) is 4.68 Å². The normalized spacial score (nSPS) is 16.7. The number of H-pyrrole nitrogens is 2. The maximum atomic E-state index is 13.2. The highest BCUT2D eigenvalue weighted by molar-refractivity contribution is 6.31. The largest absolute Gasteiger partial charge is 0.322 e. The molecule has 30 heavy (non-hydrogen) atoms. The zero-order valence-corrected chi connectivity index (χ0v) is 16.6. The Kier molecular flexibility index (Phi) is 4.11. The van der Waals surface area contributed by atoms with Gasteiger partial charge >= 0.3 is 0 Å². The van der Waals surface area contributed by atoms with Crippen molar-refractivity contribution >= 4 is 40.1 Å². The maximum Gasteiger partial charge on any atom is 0.278 e. The fourth-order valence-electron chi connectivity index (χ4n) is 3.91. The number of imide groups is 1. The van der Waals surface area contributed by atoms with E-state index in [1.807, 2.05) is 24.3 Å². The highest BCUT2D eigenvalue weighted by Gasteiger charge is 2.43. The molecule has 1 atom stereocenters. The molecule has 1 fully saturated rings. The first kappa shape index (κ1) is 18.4. The van der Waals surface area contributed by atoms with Gasteiger partial charge < -0.3 is 4.98 Å². The summed E-state index contributed by atoms with van der Waals surface area (Å²) in [6.07, 6.45) is -0.0839. The second-order valence-corrected chi connectivity index (χ2v) is 7.61. The minimum atomic E-state index is -0.870. The summed E-state index contributed by atoms with van der Waals surface area (Å²) < 4.78 is 1.27. The number of hydrogen-bond donors (Lipinski definition) is 2. The molecule has 0 bridgehead atoms. The number of imidazole rings is 1. The summed E-state index contributed by atoms with van der Waals surface area (Å²) in [7, 11) is 0. The fourth-order valence-corrected chi connectivity index (χ4v) is 4.09. The highest BCUT2D eigenvalue weighted by atomic mass is 35.5. The van der Waals surface area contributed by atoms with Gasteiger partial charge in [0.05, 0.1) is 28.2 Å². The number of anilines is 1. The van der Waals surface area contributed by atoms with Gasteiger partial charge in [-0.05, 0) is 37.3 Å². The van der Waals surface area contributed by atoms with Gasteiger partial charge in [-0.25, -0.2) is 9.88 Å². The number of amides is 2. The smallest absolute Gasteiger partial charge is 0.278 e. The average molecular weight is 422 g/mol. The molecule has 1 saturated heterocycles. The third-order valence-corrected chi connectivity index (χ3v) is 5.50. The van der Waals surface area contributed by atoms with E-state index in [2.05, 4.69) is 15.1 Å². The van der Waals surface area contributed by atoms with E-state index in [0.717, 1.165) is 10.4 Å². The van der Waals surface area contributed by atoms with Gasteiger partial charge in [-0.3, -0.25) is 19.5 Å². The van der Waals surface area contributed by atoms with E-state index in [1.54, 1.807) is 31.2 Å². The van der Waals surface area contributed by atoms with Crippen molar-refractivity contribution < 1.29 is 9.59 Å². The lowest BCUT2D eigenvalue weighted by Gasteiger charge is -2.15. The summed E-state index contributed by atoms with van der Waals surface area (Å²) >= 11 is 6.01. The van der Waals surface area contributed by atoms with Crippen LogP contribution in [0.2, 0.25) is 5.02 Å². The highest BCUT2D eigenvalue weighted by Crippen LogP contribution is 2.34. The summed E-state index contributed by atoms with van der Waals surface area (Å²) in [5, 5.41) is 3.39. The molecule has 2 aromatic heterocycles. The van der Waals surface area contributed by atoms with Crippen LogP contribution < -0.4 is 10.5 Å². The topological polar surface area (TPSA) is 104 Å². The van der Waals surface area contributed by atoms with Gasteiger partial charge in [0.25, 0.3) is 5.56 Å². The molecule has 1 aliphatic rings. The molecule has 1 aliphatic heterocycles. The minimum Gasteiger partial charge on any atom is -0.322 e. The third kappa shape index (κ3) is 2.76. The van der Waals surface area contributed by atoms with Crippen molar-refractivity contribution in [2.45, 2.75) is 19.3 Å². The Morgan fingerprint density at radius 3 is 2.67 bits per heavy atom. The Morgan fingerprint density at radius 2 is 1.90 bits per heavy atom. The first-order valence-corrected chi connectivity index (χ1v) is 9.71. The van der Waals surface area contributed by atoms with E-state index < -0.39 is 17.4 Å². The van der Waals surface area contributed by atoms with Crippen LogP contribution in [0.4, 0.5) is 5.69 Å². The number of carbonyl (C=O) groups excluding carboxylic acids is 2. The SMILES string of the molecule is Cc1[nH]n(-c2nc3ccccc3[nH]2)c(=O)c1[C@@H]1CC(=O)N(c2cccc(Cl)c2)C1=O. The lowest BCUT2D eigenvalue weighted by atomic mass is 9.98. The number of fused-ring (bicyclic) bond motifs is 1. The molecule has 2 amide bonds. The van der Waals surface area contributed by atoms with E-state index in [4.69, 9.17) is 11.6 Å². The molecular weight excluding hydrogens is 406 g/mol. The number of para-hydroxylation sites is 2. The predicted molar refractivity (Wildman–Crippen MR) is 112 cm³/mol. The molecule has 4 aromatic rings. The molecule has 150 valence electrons. The van der Waals surface area contributed by atoms with Crippen molar-refractivity contribution in [3.63, 3.8) is 0 Å². The van der Waals surface area contributed by atoms with Gasteiger partial charge in [0.15, 0.2) is 0 Å². The molecule has 3 heterocycles. The summed E-state index contributed by atoms with van der Waals surface area (Å²) in [5.41, 5.74) is 2.26. The number of aromatic amines is 2. The Bertz CT molecular complexity index is 1350. The number of hydrogen-bond acceptors (Lipinski definition) is 4. The first-order valence-electron chi connectivity index (χ1n) is 9.33. The number of aryl methyl sites for hydroxylation is 1. The Balaban J connectivity index is 1.56. The lowest BCUT2D eigenvalue weighted by molar-refractivity contribution is -0.121. The molecule has 0 spiro atoms.